The zero-order valence-corrected chi connectivity index (χ0v) is 8.68. The number of para-hydroxylation sites is 1. The maximum absolute atomic E-state index is 6.02. The highest BCUT2D eigenvalue weighted by molar-refractivity contribution is 6.35. The summed E-state index contributed by atoms with van der Waals surface area (Å²) in [6, 6.07) is 10.00. The van der Waals surface area contributed by atoms with Crippen LogP contribution in [-0.4, -0.2) is 0 Å². The monoisotopic (exact) mass is 213 g/mol. The third-order valence-electron chi connectivity index (χ3n) is 1.99. The van der Waals surface area contributed by atoms with Gasteiger partial charge in [0.05, 0.1) is 10.4 Å². The Morgan fingerprint density at radius 2 is 1.85 bits per heavy atom. The van der Waals surface area contributed by atoms with Crippen molar-refractivity contribution < 1.29 is 17.0 Å². The number of aryl methyl sites for hydroxylation is 1. The lowest BCUT2D eigenvalue weighted by molar-refractivity contribution is -0.644. The van der Waals surface area contributed by atoms with Gasteiger partial charge in [0.15, 0.2) is 6.20 Å². The lowest BCUT2D eigenvalue weighted by atomic mass is 10.2. The second kappa shape index (κ2) is 3.95. The molecule has 0 aliphatic rings. The molecular formula is C10H9Cl2N. The number of hydrogen-bond acceptors (Lipinski definition) is 0. The average molecular weight is 214 g/mol. The van der Waals surface area contributed by atoms with E-state index in [0.29, 0.717) is 0 Å². The van der Waals surface area contributed by atoms with E-state index in [2.05, 4.69) is 10.6 Å². The Morgan fingerprint density at radius 1 is 1.15 bits per heavy atom. The number of benzene rings is 1. The number of halogens is 2. The molecule has 0 aliphatic carbocycles. The highest BCUT2D eigenvalue weighted by Crippen LogP contribution is 2.18. The number of fused-ring (bicyclic) bond motifs is 1. The van der Waals surface area contributed by atoms with Crippen LogP contribution in [0.4, 0.5) is 0 Å². The smallest absolute Gasteiger partial charge is 0.213 e. The van der Waals surface area contributed by atoms with Crippen LogP contribution in [0.2, 0.25) is 5.02 Å². The highest BCUT2D eigenvalue weighted by Gasteiger charge is 2.05. The molecule has 0 spiro atoms. The summed E-state index contributed by atoms with van der Waals surface area (Å²) in [6.07, 6.45) is 1.96. The van der Waals surface area contributed by atoms with Crippen molar-refractivity contribution in [2.45, 2.75) is 0 Å². The summed E-state index contributed by atoms with van der Waals surface area (Å²) in [4.78, 5) is 0. The molecule has 13 heavy (non-hydrogen) atoms. The van der Waals surface area contributed by atoms with Gasteiger partial charge in [0.1, 0.15) is 7.05 Å². The Labute approximate surface area is 88.4 Å². The number of aromatic nitrogens is 1. The highest BCUT2D eigenvalue weighted by atomic mass is 35.5. The normalized spacial score (nSPS) is 9.69. The average Bonchev–Trinajstić information content (AvgIpc) is 2.12. The van der Waals surface area contributed by atoms with Crippen molar-refractivity contribution in [2.24, 2.45) is 7.05 Å². The Balaban J connectivity index is 0.000000845. The van der Waals surface area contributed by atoms with Gasteiger partial charge in [0.25, 0.3) is 0 Å². The van der Waals surface area contributed by atoms with E-state index in [0.717, 1.165) is 15.9 Å². The Bertz CT molecular complexity index is 386. The Hall–Kier alpha value is -0.790. The second-order valence-electron chi connectivity index (χ2n) is 2.79. The topological polar surface area (TPSA) is 3.88 Å². The first-order chi connectivity index (χ1) is 5.79. The Kier molecular flexibility index (Phi) is 3.12. The largest absolute Gasteiger partial charge is 1.00 e. The van der Waals surface area contributed by atoms with Gasteiger partial charge < -0.3 is 12.4 Å². The Morgan fingerprint density at radius 3 is 2.54 bits per heavy atom. The molecule has 1 aromatic carbocycles. The molecule has 0 aliphatic heterocycles. The minimum Gasteiger partial charge on any atom is -1.00 e. The van der Waals surface area contributed by atoms with Gasteiger partial charge in [-0.15, -0.1) is 0 Å². The van der Waals surface area contributed by atoms with E-state index in [1.165, 1.54) is 0 Å². The van der Waals surface area contributed by atoms with Crippen LogP contribution in [0, 0.1) is 0 Å². The molecule has 68 valence electrons. The van der Waals surface area contributed by atoms with Gasteiger partial charge in [-0.3, -0.25) is 0 Å². The molecule has 0 bridgehead atoms. The summed E-state index contributed by atoms with van der Waals surface area (Å²) >= 11 is 6.02. The molecule has 2 aromatic rings. The SMILES string of the molecule is C[n+]1ccc(Cl)c2ccccc21.[Cl-]. The summed E-state index contributed by atoms with van der Waals surface area (Å²) in [6.45, 7) is 0. The minimum absolute atomic E-state index is 0. The van der Waals surface area contributed by atoms with Gasteiger partial charge in [-0.1, -0.05) is 23.7 Å². The first-order valence-electron chi connectivity index (χ1n) is 3.82. The van der Waals surface area contributed by atoms with E-state index in [-0.39, 0.29) is 12.4 Å². The molecular weight excluding hydrogens is 205 g/mol. The first kappa shape index (κ1) is 10.3. The van der Waals surface area contributed by atoms with Gasteiger partial charge in [-0.2, -0.15) is 0 Å². The third-order valence-corrected chi connectivity index (χ3v) is 2.32. The van der Waals surface area contributed by atoms with Crippen LogP contribution in [0.25, 0.3) is 10.9 Å². The third kappa shape index (κ3) is 1.77. The van der Waals surface area contributed by atoms with Crippen LogP contribution >= 0.6 is 11.6 Å². The minimum atomic E-state index is 0. The van der Waals surface area contributed by atoms with E-state index in [1.807, 2.05) is 37.5 Å². The predicted octanol–water partition coefficient (Wildman–Crippen LogP) is -0.678. The van der Waals surface area contributed by atoms with Crippen molar-refractivity contribution in [3.05, 3.63) is 41.6 Å². The molecule has 1 aromatic heterocycles. The second-order valence-corrected chi connectivity index (χ2v) is 3.20. The van der Waals surface area contributed by atoms with Gasteiger partial charge in [-0.25, -0.2) is 4.57 Å². The van der Waals surface area contributed by atoms with Crippen LogP contribution < -0.4 is 17.0 Å². The molecule has 1 heterocycles. The van der Waals surface area contributed by atoms with Crippen LogP contribution in [0.1, 0.15) is 0 Å². The molecule has 0 fully saturated rings. The maximum atomic E-state index is 6.02. The molecule has 0 N–H and O–H groups in total. The van der Waals surface area contributed by atoms with Crippen LogP contribution in [-0.2, 0) is 7.05 Å². The van der Waals surface area contributed by atoms with Crippen molar-refractivity contribution in [1.82, 2.24) is 0 Å². The van der Waals surface area contributed by atoms with E-state index in [1.54, 1.807) is 0 Å². The summed E-state index contributed by atoms with van der Waals surface area (Å²) in [5.74, 6) is 0. The van der Waals surface area contributed by atoms with E-state index in [4.69, 9.17) is 11.6 Å². The fourth-order valence-electron chi connectivity index (χ4n) is 1.33. The molecule has 0 saturated heterocycles. The quantitative estimate of drug-likeness (QED) is 0.512. The number of rotatable bonds is 0. The molecule has 0 atom stereocenters. The van der Waals surface area contributed by atoms with Crippen molar-refractivity contribution in [3.8, 4) is 0 Å². The van der Waals surface area contributed by atoms with Gasteiger partial charge in [-0.05, 0) is 6.07 Å². The lowest BCUT2D eigenvalue weighted by Crippen LogP contribution is -3.00. The zero-order chi connectivity index (χ0) is 8.55. The van der Waals surface area contributed by atoms with E-state index < -0.39 is 0 Å². The summed E-state index contributed by atoms with van der Waals surface area (Å²) < 4.78 is 2.06. The van der Waals surface area contributed by atoms with Crippen molar-refractivity contribution in [1.29, 1.82) is 0 Å². The van der Waals surface area contributed by atoms with Crippen LogP contribution in [0.5, 0.6) is 0 Å². The lowest BCUT2D eigenvalue weighted by Gasteiger charge is -1.96. The predicted molar refractivity (Wildman–Crippen MR) is 50.1 cm³/mol. The van der Waals surface area contributed by atoms with Gasteiger partial charge in [0, 0.05) is 12.1 Å². The van der Waals surface area contributed by atoms with Crippen LogP contribution in [0.15, 0.2) is 36.5 Å². The summed E-state index contributed by atoms with van der Waals surface area (Å²) in [5.41, 5.74) is 1.16. The molecule has 1 nitrogen and oxygen atoms in total. The molecule has 0 unspecified atom stereocenters. The van der Waals surface area contributed by atoms with Gasteiger partial charge in [0.2, 0.25) is 5.52 Å². The molecule has 0 amide bonds. The molecule has 3 heteroatoms. The van der Waals surface area contributed by atoms with Crippen molar-refractivity contribution >= 4 is 22.5 Å². The van der Waals surface area contributed by atoms with E-state index >= 15 is 0 Å². The van der Waals surface area contributed by atoms with Crippen molar-refractivity contribution in [2.75, 3.05) is 0 Å². The fourth-order valence-corrected chi connectivity index (χ4v) is 1.55. The maximum Gasteiger partial charge on any atom is 0.213 e. The van der Waals surface area contributed by atoms with Gasteiger partial charge >= 0.3 is 0 Å². The standard InChI is InChI=1S/C10H9ClN.ClH/c1-12-7-6-9(11)8-4-2-3-5-10(8)12;/h2-7H,1H3;1H/q+1;/p-1. The zero-order valence-electron chi connectivity index (χ0n) is 7.17. The summed E-state index contributed by atoms with van der Waals surface area (Å²) in [5, 5.41) is 1.91. The fraction of sp³-hybridized carbons (Fsp3) is 0.100. The number of hydrogen-bond donors (Lipinski definition) is 0. The molecule has 2 rings (SSSR count). The molecule has 0 radical (unpaired) electrons. The first-order valence-corrected chi connectivity index (χ1v) is 4.20. The number of pyridine rings is 1. The summed E-state index contributed by atoms with van der Waals surface area (Å²) in [7, 11) is 2.01. The molecule has 0 saturated carbocycles. The van der Waals surface area contributed by atoms with Crippen LogP contribution in [0.3, 0.4) is 0 Å². The van der Waals surface area contributed by atoms with E-state index in [9.17, 15) is 0 Å². The van der Waals surface area contributed by atoms with Crippen molar-refractivity contribution in [3.63, 3.8) is 0 Å². The number of nitrogens with zero attached hydrogens (tertiary/aromatic N) is 1.